The summed E-state index contributed by atoms with van der Waals surface area (Å²) in [5.74, 6) is 1.18. The molecule has 7 nitrogen and oxygen atoms in total. The highest BCUT2D eigenvalue weighted by atomic mass is 32.2. The number of sulfonamides is 1. The minimum Gasteiger partial charge on any atom is -0.370 e. The predicted molar refractivity (Wildman–Crippen MR) is 132 cm³/mol. The van der Waals surface area contributed by atoms with Crippen molar-refractivity contribution in [3.8, 4) is 6.07 Å². The second-order valence-corrected chi connectivity index (χ2v) is 12.3. The molecular formula is C26H34N4O3S. The number of nitrogens with zero attached hydrogens (tertiary/aromatic N) is 4. The fourth-order valence-corrected chi connectivity index (χ4v) is 6.24. The van der Waals surface area contributed by atoms with E-state index in [9.17, 15) is 13.7 Å². The summed E-state index contributed by atoms with van der Waals surface area (Å²) in [4.78, 5) is 7.14. The maximum absolute atomic E-state index is 13.2. The van der Waals surface area contributed by atoms with Gasteiger partial charge in [-0.2, -0.15) is 9.57 Å². The molecular weight excluding hydrogens is 448 g/mol. The SMILES string of the molecule is Cc1nc(N2CCN(S(=O)(=O)c3ccc(CC(C)C)cc3)CC2)c(C#N)c2c1COC(C)(C)C2. The molecule has 34 heavy (non-hydrogen) atoms. The van der Waals surface area contributed by atoms with Gasteiger partial charge in [-0.3, -0.25) is 0 Å². The molecule has 182 valence electrons. The molecule has 0 radical (unpaired) electrons. The number of pyridine rings is 1. The van der Waals surface area contributed by atoms with Crippen LogP contribution < -0.4 is 4.90 Å². The Hall–Kier alpha value is -2.47. The highest BCUT2D eigenvalue weighted by molar-refractivity contribution is 7.89. The van der Waals surface area contributed by atoms with Gasteiger partial charge in [0.15, 0.2) is 0 Å². The Morgan fingerprint density at radius 2 is 1.76 bits per heavy atom. The summed E-state index contributed by atoms with van der Waals surface area (Å²) in [6.45, 7) is 12.5. The normalized spacial score (nSPS) is 18.6. The summed E-state index contributed by atoms with van der Waals surface area (Å²) < 4.78 is 33.9. The first-order valence-electron chi connectivity index (χ1n) is 11.9. The van der Waals surface area contributed by atoms with E-state index in [0.29, 0.717) is 61.4 Å². The highest BCUT2D eigenvalue weighted by Gasteiger charge is 2.34. The Morgan fingerprint density at radius 1 is 1.12 bits per heavy atom. The van der Waals surface area contributed by atoms with Crippen LogP contribution in [0.2, 0.25) is 0 Å². The van der Waals surface area contributed by atoms with Crippen LogP contribution in [0, 0.1) is 24.2 Å². The van der Waals surface area contributed by atoms with Crippen molar-refractivity contribution in [1.29, 1.82) is 5.26 Å². The van der Waals surface area contributed by atoms with Crippen LogP contribution >= 0.6 is 0 Å². The first-order valence-corrected chi connectivity index (χ1v) is 13.4. The first-order chi connectivity index (χ1) is 16.0. The zero-order valence-electron chi connectivity index (χ0n) is 20.8. The number of hydrogen-bond donors (Lipinski definition) is 0. The topological polar surface area (TPSA) is 86.5 Å². The number of aromatic nitrogens is 1. The van der Waals surface area contributed by atoms with Gasteiger partial charge in [-0.15, -0.1) is 0 Å². The summed E-state index contributed by atoms with van der Waals surface area (Å²) in [5.41, 5.74) is 4.29. The zero-order valence-corrected chi connectivity index (χ0v) is 21.6. The lowest BCUT2D eigenvalue weighted by atomic mass is 9.88. The van der Waals surface area contributed by atoms with Gasteiger partial charge in [0, 0.05) is 43.9 Å². The summed E-state index contributed by atoms with van der Waals surface area (Å²) in [7, 11) is -3.56. The van der Waals surface area contributed by atoms with E-state index in [1.807, 2.05) is 37.8 Å². The smallest absolute Gasteiger partial charge is 0.243 e. The molecule has 0 amide bonds. The molecule has 1 aromatic heterocycles. The number of anilines is 1. The molecule has 1 aromatic carbocycles. The number of fused-ring (bicyclic) bond motifs is 1. The molecule has 2 aliphatic heterocycles. The van der Waals surface area contributed by atoms with Crippen molar-refractivity contribution in [2.75, 3.05) is 31.1 Å². The van der Waals surface area contributed by atoms with Gasteiger partial charge >= 0.3 is 0 Å². The van der Waals surface area contributed by atoms with Crippen LogP contribution in [0.15, 0.2) is 29.2 Å². The summed E-state index contributed by atoms with van der Waals surface area (Å²) in [6.07, 6.45) is 1.58. The lowest BCUT2D eigenvalue weighted by Gasteiger charge is -2.37. The zero-order chi connectivity index (χ0) is 24.7. The number of rotatable bonds is 5. The third-order valence-electron chi connectivity index (χ3n) is 6.66. The molecule has 1 fully saturated rings. The molecule has 0 aliphatic carbocycles. The van der Waals surface area contributed by atoms with Crippen LogP contribution in [-0.4, -0.2) is 49.5 Å². The highest BCUT2D eigenvalue weighted by Crippen LogP contribution is 2.35. The van der Waals surface area contributed by atoms with Crippen molar-refractivity contribution >= 4 is 15.8 Å². The number of benzene rings is 1. The molecule has 8 heteroatoms. The van der Waals surface area contributed by atoms with E-state index >= 15 is 0 Å². The minimum absolute atomic E-state index is 0.330. The van der Waals surface area contributed by atoms with Crippen molar-refractivity contribution in [3.05, 3.63) is 52.2 Å². The van der Waals surface area contributed by atoms with Gasteiger partial charge in [0.05, 0.1) is 22.7 Å². The number of ether oxygens (including phenoxy) is 1. The van der Waals surface area contributed by atoms with Gasteiger partial charge in [-0.1, -0.05) is 26.0 Å². The number of hydrogen-bond acceptors (Lipinski definition) is 6. The third kappa shape index (κ3) is 4.83. The largest absolute Gasteiger partial charge is 0.370 e. The summed E-state index contributed by atoms with van der Waals surface area (Å²) in [5, 5.41) is 10.0. The van der Waals surface area contributed by atoms with Crippen LogP contribution in [-0.2, 0) is 34.2 Å². The first kappa shape index (κ1) is 24.6. The lowest BCUT2D eigenvalue weighted by Crippen LogP contribution is -2.49. The van der Waals surface area contributed by atoms with Crippen LogP contribution in [0.3, 0.4) is 0 Å². The Balaban J connectivity index is 1.53. The standard InChI is InChI=1S/C26H34N4O3S/c1-18(2)14-20-6-8-21(9-7-20)34(31,32)30-12-10-29(11-13-30)25-23(16-27)22-15-26(4,5)33-17-24(22)19(3)28-25/h6-9,18H,10-15,17H2,1-5H3. The van der Waals surface area contributed by atoms with Gasteiger partial charge in [0.2, 0.25) is 10.0 Å². The van der Waals surface area contributed by atoms with Crippen molar-refractivity contribution < 1.29 is 13.2 Å². The fraction of sp³-hybridized carbons (Fsp3) is 0.538. The average Bonchev–Trinajstić information content (AvgIpc) is 2.78. The summed E-state index contributed by atoms with van der Waals surface area (Å²) in [6, 6.07) is 9.63. The van der Waals surface area contributed by atoms with Crippen molar-refractivity contribution in [1.82, 2.24) is 9.29 Å². The van der Waals surface area contributed by atoms with Crippen LogP contribution in [0.5, 0.6) is 0 Å². The second kappa shape index (κ2) is 9.29. The van der Waals surface area contributed by atoms with E-state index in [1.54, 1.807) is 12.1 Å². The molecule has 0 bridgehead atoms. The van der Waals surface area contributed by atoms with E-state index in [1.165, 1.54) is 4.31 Å². The quantitative estimate of drug-likeness (QED) is 0.644. The number of aryl methyl sites for hydroxylation is 1. The maximum atomic E-state index is 13.2. The Bertz CT molecular complexity index is 1210. The number of nitriles is 1. The average molecular weight is 483 g/mol. The van der Waals surface area contributed by atoms with Crippen molar-refractivity contribution in [3.63, 3.8) is 0 Å². The minimum atomic E-state index is -3.56. The van der Waals surface area contributed by atoms with Crippen LogP contribution in [0.4, 0.5) is 5.82 Å². The molecule has 4 rings (SSSR count). The van der Waals surface area contributed by atoms with Crippen molar-refractivity contribution in [2.24, 2.45) is 5.92 Å². The molecule has 0 saturated carbocycles. The molecule has 2 aromatic rings. The van der Waals surface area contributed by atoms with Crippen LogP contribution in [0.1, 0.15) is 55.6 Å². The molecule has 1 saturated heterocycles. The van der Waals surface area contributed by atoms with Gasteiger partial charge in [0.1, 0.15) is 11.9 Å². The molecule has 2 aliphatic rings. The Labute approximate surface area is 203 Å². The van der Waals surface area contributed by atoms with E-state index in [4.69, 9.17) is 9.72 Å². The molecule has 0 unspecified atom stereocenters. The lowest BCUT2D eigenvalue weighted by molar-refractivity contribution is -0.0405. The number of piperazine rings is 1. The molecule has 0 N–H and O–H groups in total. The van der Waals surface area contributed by atoms with Crippen molar-refractivity contribution in [2.45, 2.75) is 64.6 Å². The molecule has 0 spiro atoms. The van der Waals surface area contributed by atoms with E-state index in [2.05, 4.69) is 19.9 Å². The Kier molecular flexibility index (Phi) is 6.74. The van der Waals surface area contributed by atoms with Gasteiger partial charge in [-0.25, -0.2) is 13.4 Å². The predicted octanol–water partition coefficient (Wildman–Crippen LogP) is 3.82. The monoisotopic (exact) mass is 482 g/mol. The van der Waals surface area contributed by atoms with E-state index < -0.39 is 10.0 Å². The Morgan fingerprint density at radius 3 is 2.35 bits per heavy atom. The van der Waals surface area contributed by atoms with Gasteiger partial charge < -0.3 is 9.64 Å². The second-order valence-electron chi connectivity index (χ2n) is 10.3. The van der Waals surface area contributed by atoms with Gasteiger partial charge in [0.25, 0.3) is 0 Å². The van der Waals surface area contributed by atoms with Gasteiger partial charge in [-0.05, 0) is 56.4 Å². The summed E-state index contributed by atoms with van der Waals surface area (Å²) >= 11 is 0. The maximum Gasteiger partial charge on any atom is 0.243 e. The van der Waals surface area contributed by atoms with E-state index in [-0.39, 0.29) is 5.60 Å². The fourth-order valence-electron chi connectivity index (χ4n) is 4.82. The van der Waals surface area contributed by atoms with E-state index in [0.717, 1.165) is 28.8 Å². The molecule has 0 atom stereocenters. The third-order valence-corrected chi connectivity index (χ3v) is 8.58. The van der Waals surface area contributed by atoms with Crippen LogP contribution in [0.25, 0.3) is 0 Å². The molecule has 3 heterocycles.